The molecule has 0 spiro atoms. The van der Waals surface area contributed by atoms with Crippen LogP contribution in [0.2, 0.25) is 0 Å². The number of nitrogens with one attached hydrogen (secondary N) is 3. The average molecular weight is 478 g/mol. The summed E-state index contributed by atoms with van der Waals surface area (Å²) in [5, 5.41) is 8.58. The molecule has 0 heterocycles. The number of carbonyl (C=O) groups is 2. The molecule has 2 aromatic rings. The predicted octanol–water partition coefficient (Wildman–Crippen LogP) is 4.96. The molecule has 0 aliphatic carbocycles. The number of carbonyl (C=O) groups excluding carboxylic acids is 2. The molecule has 2 amide bonds. The largest absolute Gasteiger partial charge is 0.490 e. The number of anilines is 2. The van der Waals surface area contributed by atoms with Crippen LogP contribution in [-0.2, 0) is 4.79 Å². The Hall–Kier alpha value is -2.45. The highest BCUT2D eigenvalue weighted by Gasteiger charge is 2.16. The molecular weight excluding hydrogens is 454 g/mol. The van der Waals surface area contributed by atoms with Gasteiger partial charge in [-0.15, -0.1) is 0 Å². The maximum absolute atomic E-state index is 12.7. The molecule has 0 unspecified atom stereocenters. The molecular formula is C21H24BrN3O3S. The third kappa shape index (κ3) is 7.14. The fourth-order valence-corrected chi connectivity index (χ4v) is 2.86. The van der Waals surface area contributed by atoms with Crippen molar-refractivity contribution in [3.05, 3.63) is 52.5 Å². The standard InChI is InChI=1S/C21H24BrN3O3S/c1-12(2)19(26)23-15-6-8-16(9-7-15)24-21(29)25-20(27)17-11-14(22)5-10-18(17)28-13(3)4/h5-13H,1-4H3,(H,23,26)(H2,24,25,27,29). The van der Waals surface area contributed by atoms with E-state index in [-0.39, 0.29) is 28.9 Å². The minimum atomic E-state index is -0.375. The van der Waals surface area contributed by atoms with Crippen molar-refractivity contribution in [2.24, 2.45) is 5.92 Å². The number of ether oxygens (including phenoxy) is 1. The van der Waals surface area contributed by atoms with Gasteiger partial charge in [0.05, 0.1) is 11.7 Å². The molecule has 0 radical (unpaired) electrons. The van der Waals surface area contributed by atoms with Crippen molar-refractivity contribution in [1.82, 2.24) is 5.32 Å². The highest BCUT2D eigenvalue weighted by molar-refractivity contribution is 9.10. The lowest BCUT2D eigenvalue weighted by Gasteiger charge is -2.15. The number of amides is 2. The van der Waals surface area contributed by atoms with Gasteiger partial charge in [-0.05, 0) is 68.5 Å². The summed E-state index contributed by atoms with van der Waals surface area (Å²) in [6.45, 7) is 7.44. The topological polar surface area (TPSA) is 79.5 Å². The molecule has 0 saturated heterocycles. The fraction of sp³-hybridized carbons (Fsp3) is 0.286. The van der Waals surface area contributed by atoms with Crippen molar-refractivity contribution in [1.29, 1.82) is 0 Å². The van der Waals surface area contributed by atoms with E-state index in [0.29, 0.717) is 22.7 Å². The van der Waals surface area contributed by atoms with Gasteiger partial charge in [0.2, 0.25) is 5.91 Å². The van der Waals surface area contributed by atoms with Crippen LogP contribution >= 0.6 is 28.1 Å². The van der Waals surface area contributed by atoms with Gasteiger partial charge in [0, 0.05) is 21.8 Å². The Morgan fingerprint density at radius 1 is 0.966 bits per heavy atom. The molecule has 6 nitrogen and oxygen atoms in total. The lowest BCUT2D eigenvalue weighted by Crippen LogP contribution is -2.34. The zero-order chi connectivity index (χ0) is 21.6. The molecule has 0 aromatic heterocycles. The highest BCUT2D eigenvalue weighted by atomic mass is 79.9. The van der Waals surface area contributed by atoms with Gasteiger partial charge in [0.1, 0.15) is 5.75 Å². The number of halogens is 1. The zero-order valence-corrected chi connectivity index (χ0v) is 19.1. The Labute approximate surface area is 184 Å². The second-order valence-electron chi connectivity index (χ2n) is 6.94. The van der Waals surface area contributed by atoms with Crippen molar-refractivity contribution in [3.63, 3.8) is 0 Å². The quantitative estimate of drug-likeness (QED) is 0.512. The van der Waals surface area contributed by atoms with Crippen LogP contribution in [0.5, 0.6) is 5.75 Å². The molecule has 3 N–H and O–H groups in total. The van der Waals surface area contributed by atoms with Crippen LogP contribution in [0.25, 0.3) is 0 Å². The van der Waals surface area contributed by atoms with E-state index >= 15 is 0 Å². The van der Waals surface area contributed by atoms with Gasteiger partial charge in [-0.25, -0.2) is 0 Å². The Bertz CT molecular complexity index is 899. The summed E-state index contributed by atoms with van der Waals surface area (Å²) in [5.74, 6) is -0.0471. The summed E-state index contributed by atoms with van der Waals surface area (Å²) in [4.78, 5) is 24.4. The van der Waals surface area contributed by atoms with E-state index in [9.17, 15) is 9.59 Å². The molecule has 2 rings (SSSR count). The summed E-state index contributed by atoms with van der Waals surface area (Å²) < 4.78 is 6.46. The number of hydrogen-bond donors (Lipinski definition) is 3. The summed E-state index contributed by atoms with van der Waals surface area (Å²) in [5.41, 5.74) is 1.75. The van der Waals surface area contributed by atoms with Gasteiger partial charge < -0.3 is 15.4 Å². The van der Waals surface area contributed by atoms with Crippen LogP contribution in [-0.4, -0.2) is 23.0 Å². The normalized spacial score (nSPS) is 10.6. The minimum Gasteiger partial charge on any atom is -0.490 e. The van der Waals surface area contributed by atoms with E-state index in [2.05, 4.69) is 31.9 Å². The maximum Gasteiger partial charge on any atom is 0.261 e. The first-order valence-electron chi connectivity index (χ1n) is 9.15. The molecule has 0 fully saturated rings. The lowest BCUT2D eigenvalue weighted by atomic mass is 10.2. The van der Waals surface area contributed by atoms with Crippen LogP contribution in [0, 0.1) is 5.92 Å². The molecule has 0 bridgehead atoms. The van der Waals surface area contributed by atoms with Crippen LogP contribution in [0.4, 0.5) is 11.4 Å². The van der Waals surface area contributed by atoms with E-state index in [1.54, 1.807) is 36.4 Å². The van der Waals surface area contributed by atoms with Gasteiger partial charge in [-0.1, -0.05) is 29.8 Å². The van der Waals surface area contributed by atoms with Crippen molar-refractivity contribution < 1.29 is 14.3 Å². The second-order valence-corrected chi connectivity index (χ2v) is 8.26. The van der Waals surface area contributed by atoms with Crippen molar-refractivity contribution >= 4 is 56.4 Å². The van der Waals surface area contributed by atoms with Crippen molar-refractivity contribution in [3.8, 4) is 5.75 Å². The van der Waals surface area contributed by atoms with E-state index < -0.39 is 0 Å². The van der Waals surface area contributed by atoms with Crippen molar-refractivity contribution in [2.75, 3.05) is 10.6 Å². The number of benzene rings is 2. The minimum absolute atomic E-state index is 0.0538. The van der Waals surface area contributed by atoms with Crippen molar-refractivity contribution in [2.45, 2.75) is 33.8 Å². The van der Waals surface area contributed by atoms with Gasteiger partial charge in [0.25, 0.3) is 5.91 Å². The van der Waals surface area contributed by atoms with Crippen LogP contribution in [0.1, 0.15) is 38.1 Å². The Balaban J connectivity index is 2.01. The van der Waals surface area contributed by atoms with Gasteiger partial charge in [0.15, 0.2) is 5.11 Å². The Kier molecular flexibility index (Phi) is 8.16. The molecule has 2 aromatic carbocycles. The zero-order valence-electron chi connectivity index (χ0n) is 16.7. The molecule has 0 aliphatic rings. The monoisotopic (exact) mass is 477 g/mol. The molecule has 0 atom stereocenters. The molecule has 0 aliphatic heterocycles. The van der Waals surface area contributed by atoms with Gasteiger partial charge in [-0.2, -0.15) is 0 Å². The third-order valence-corrected chi connectivity index (χ3v) is 4.41. The highest BCUT2D eigenvalue weighted by Crippen LogP contribution is 2.24. The van der Waals surface area contributed by atoms with Crippen LogP contribution in [0.15, 0.2) is 46.9 Å². The van der Waals surface area contributed by atoms with Gasteiger partial charge in [-0.3, -0.25) is 14.9 Å². The molecule has 8 heteroatoms. The smallest absolute Gasteiger partial charge is 0.261 e. The maximum atomic E-state index is 12.7. The van der Waals surface area contributed by atoms with Crippen LogP contribution in [0.3, 0.4) is 0 Å². The molecule has 29 heavy (non-hydrogen) atoms. The summed E-state index contributed by atoms with van der Waals surface area (Å²) in [6, 6.07) is 12.3. The SMILES string of the molecule is CC(C)Oc1ccc(Br)cc1C(=O)NC(=S)Nc1ccc(NC(=O)C(C)C)cc1. The summed E-state index contributed by atoms with van der Waals surface area (Å²) in [6.07, 6.45) is -0.0671. The first kappa shape index (κ1) is 22.8. The Morgan fingerprint density at radius 2 is 1.55 bits per heavy atom. The average Bonchev–Trinajstić information content (AvgIpc) is 2.64. The number of hydrogen-bond acceptors (Lipinski definition) is 4. The first-order valence-corrected chi connectivity index (χ1v) is 10.3. The molecule has 0 saturated carbocycles. The summed E-state index contributed by atoms with van der Waals surface area (Å²) >= 11 is 8.62. The third-order valence-electron chi connectivity index (χ3n) is 3.71. The van der Waals surface area contributed by atoms with E-state index in [4.69, 9.17) is 17.0 Å². The Morgan fingerprint density at radius 3 is 2.10 bits per heavy atom. The van der Waals surface area contributed by atoms with Crippen LogP contribution < -0.4 is 20.7 Å². The van der Waals surface area contributed by atoms with E-state index in [0.717, 1.165) is 4.47 Å². The predicted molar refractivity (Wildman–Crippen MR) is 124 cm³/mol. The molecule has 154 valence electrons. The number of thiocarbonyl (C=S) groups is 1. The summed E-state index contributed by atoms with van der Waals surface area (Å²) in [7, 11) is 0. The second kappa shape index (κ2) is 10.4. The lowest BCUT2D eigenvalue weighted by molar-refractivity contribution is -0.118. The fourth-order valence-electron chi connectivity index (χ4n) is 2.29. The first-order chi connectivity index (χ1) is 13.7. The van der Waals surface area contributed by atoms with E-state index in [1.807, 2.05) is 33.8 Å². The number of rotatable bonds is 6. The van der Waals surface area contributed by atoms with E-state index in [1.165, 1.54) is 0 Å². The van der Waals surface area contributed by atoms with Gasteiger partial charge >= 0.3 is 0 Å².